The molecule has 3 rings (SSSR count). The number of aromatic nitrogens is 2. The minimum absolute atomic E-state index is 0.771. The second-order valence-corrected chi connectivity index (χ2v) is 3.29. The second-order valence-electron chi connectivity index (χ2n) is 3.29. The molecule has 3 nitrogen and oxygen atoms in total. The summed E-state index contributed by atoms with van der Waals surface area (Å²) in [7, 11) is 0. The molecule has 3 aromatic rings. The molecule has 0 aliphatic rings. The second kappa shape index (κ2) is 2.48. The van der Waals surface area contributed by atoms with Crippen molar-refractivity contribution in [1.82, 2.24) is 9.97 Å². The fraction of sp³-hybridized carbons (Fsp3) is 0. The number of anilines is 1. The molecule has 2 aromatic heterocycles. The van der Waals surface area contributed by atoms with Gasteiger partial charge >= 0.3 is 0 Å². The first-order valence-electron chi connectivity index (χ1n) is 4.47. The largest absolute Gasteiger partial charge is 0.398 e. The molecule has 0 atom stereocenters. The quantitative estimate of drug-likeness (QED) is 0.561. The lowest BCUT2D eigenvalue weighted by Gasteiger charge is -1.94. The predicted octanol–water partition coefficient (Wildman–Crippen LogP) is 2.30. The van der Waals surface area contributed by atoms with Crippen LogP contribution in [0.4, 0.5) is 5.69 Å². The zero-order chi connectivity index (χ0) is 9.54. The Morgan fingerprint density at radius 2 is 2.00 bits per heavy atom. The molecular formula is C11H9N3. The van der Waals surface area contributed by atoms with Crippen molar-refractivity contribution >= 4 is 27.6 Å². The Bertz CT molecular complexity index is 610. The van der Waals surface area contributed by atoms with Crippen LogP contribution in [0, 0.1) is 0 Å². The van der Waals surface area contributed by atoms with Gasteiger partial charge in [0.05, 0.1) is 0 Å². The summed E-state index contributed by atoms with van der Waals surface area (Å²) in [5.41, 5.74) is 8.61. The maximum absolute atomic E-state index is 5.91. The Hall–Kier alpha value is -2.03. The van der Waals surface area contributed by atoms with Crippen LogP contribution in [0.1, 0.15) is 0 Å². The lowest BCUT2D eigenvalue weighted by Crippen LogP contribution is -1.86. The molecule has 3 N–H and O–H groups in total. The maximum Gasteiger partial charge on any atom is 0.140 e. The summed E-state index contributed by atoms with van der Waals surface area (Å²) >= 11 is 0. The Labute approximate surface area is 80.6 Å². The summed E-state index contributed by atoms with van der Waals surface area (Å²) in [6.07, 6.45) is 1.72. The van der Waals surface area contributed by atoms with E-state index in [1.165, 1.54) is 0 Å². The van der Waals surface area contributed by atoms with E-state index in [-0.39, 0.29) is 0 Å². The molecule has 0 fully saturated rings. The molecule has 14 heavy (non-hydrogen) atoms. The predicted molar refractivity (Wildman–Crippen MR) is 58.0 cm³/mol. The van der Waals surface area contributed by atoms with E-state index in [4.69, 9.17) is 5.73 Å². The zero-order valence-corrected chi connectivity index (χ0v) is 7.49. The number of fused-ring (bicyclic) bond motifs is 3. The third-order valence-corrected chi connectivity index (χ3v) is 2.43. The molecule has 0 radical (unpaired) electrons. The highest BCUT2D eigenvalue weighted by Crippen LogP contribution is 2.27. The smallest absolute Gasteiger partial charge is 0.140 e. The highest BCUT2D eigenvalue weighted by Gasteiger charge is 2.06. The van der Waals surface area contributed by atoms with E-state index in [1.807, 2.05) is 30.3 Å². The van der Waals surface area contributed by atoms with Gasteiger partial charge in [-0.15, -0.1) is 0 Å². The molecule has 68 valence electrons. The normalized spacial score (nSPS) is 11.1. The molecule has 3 heteroatoms. The van der Waals surface area contributed by atoms with Crippen LogP contribution in [0.2, 0.25) is 0 Å². The molecule has 0 saturated heterocycles. The number of rotatable bonds is 0. The molecule has 0 aliphatic heterocycles. The van der Waals surface area contributed by atoms with Gasteiger partial charge in [-0.25, -0.2) is 4.98 Å². The van der Waals surface area contributed by atoms with Crippen LogP contribution >= 0.6 is 0 Å². The number of pyridine rings is 1. The van der Waals surface area contributed by atoms with Gasteiger partial charge in [-0.1, -0.05) is 18.2 Å². The van der Waals surface area contributed by atoms with E-state index in [2.05, 4.69) is 9.97 Å². The van der Waals surface area contributed by atoms with Crippen molar-refractivity contribution in [1.29, 1.82) is 0 Å². The first kappa shape index (κ1) is 7.38. The van der Waals surface area contributed by atoms with Gasteiger partial charge in [-0.2, -0.15) is 0 Å². The summed E-state index contributed by atoms with van der Waals surface area (Å²) in [6.45, 7) is 0. The number of H-pyrrole nitrogens is 1. The first-order chi connectivity index (χ1) is 6.86. The molecule has 0 unspecified atom stereocenters. The van der Waals surface area contributed by atoms with Crippen LogP contribution in [-0.4, -0.2) is 9.97 Å². The summed E-state index contributed by atoms with van der Waals surface area (Å²) in [5, 5.41) is 2.15. The van der Waals surface area contributed by atoms with Crippen LogP contribution in [0.25, 0.3) is 21.9 Å². The summed E-state index contributed by atoms with van der Waals surface area (Å²) in [4.78, 5) is 7.47. The highest BCUT2D eigenvalue weighted by atomic mass is 14.9. The molecule has 0 amide bonds. The number of benzene rings is 1. The van der Waals surface area contributed by atoms with Gasteiger partial charge in [0.2, 0.25) is 0 Å². The van der Waals surface area contributed by atoms with Gasteiger partial charge in [0.25, 0.3) is 0 Å². The maximum atomic E-state index is 5.91. The highest BCUT2D eigenvalue weighted by molar-refractivity contribution is 6.11. The van der Waals surface area contributed by atoms with E-state index in [1.54, 1.807) is 6.20 Å². The standard InChI is InChI=1S/C11H9N3/c12-8-5-6-13-11-10(8)7-3-1-2-4-9(7)14-11/h1-6H,(H3,12,13,14). The lowest BCUT2D eigenvalue weighted by atomic mass is 10.2. The van der Waals surface area contributed by atoms with Gasteiger partial charge in [-0.05, 0) is 12.1 Å². The van der Waals surface area contributed by atoms with E-state index in [0.29, 0.717) is 0 Å². The van der Waals surface area contributed by atoms with Crippen molar-refractivity contribution in [3.8, 4) is 0 Å². The van der Waals surface area contributed by atoms with Crippen LogP contribution in [0.3, 0.4) is 0 Å². The summed E-state index contributed by atoms with van der Waals surface area (Å²) in [6, 6.07) is 9.89. The van der Waals surface area contributed by atoms with E-state index in [0.717, 1.165) is 27.6 Å². The van der Waals surface area contributed by atoms with Crippen LogP contribution < -0.4 is 5.73 Å². The van der Waals surface area contributed by atoms with E-state index < -0.39 is 0 Å². The van der Waals surface area contributed by atoms with Crippen LogP contribution in [0.15, 0.2) is 36.5 Å². The molecule has 0 bridgehead atoms. The average molecular weight is 183 g/mol. The Balaban J connectivity index is 2.65. The number of aromatic amines is 1. The number of nitrogens with two attached hydrogens (primary N) is 1. The van der Waals surface area contributed by atoms with Crippen molar-refractivity contribution in [3.05, 3.63) is 36.5 Å². The molecule has 1 aromatic carbocycles. The van der Waals surface area contributed by atoms with Gasteiger partial charge in [-0.3, -0.25) is 0 Å². The number of hydrogen-bond donors (Lipinski definition) is 2. The third kappa shape index (κ3) is 0.836. The van der Waals surface area contributed by atoms with Gasteiger partial charge in [0.15, 0.2) is 0 Å². The SMILES string of the molecule is Nc1ccnc2[nH]c3ccccc3c12. The first-order valence-corrected chi connectivity index (χ1v) is 4.47. The lowest BCUT2D eigenvalue weighted by molar-refractivity contribution is 1.35. The third-order valence-electron chi connectivity index (χ3n) is 2.43. The zero-order valence-electron chi connectivity index (χ0n) is 7.49. The summed E-state index contributed by atoms with van der Waals surface area (Å²) in [5.74, 6) is 0. The minimum atomic E-state index is 0.771. The fourth-order valence-corrected chi connectivity index (χ4v) is 1.79. The fourth-order valence-electron chi connectivity index (χ4n) is 1.79. The van der Waals surface area contributed by atoms with Crippen LogP contribution in [0.5, 0.6) is 0 Å². The number of para-hydroxylation sites is 1. The van der Waals surface area contributed by atoms with Crippen molar-refractivity contribution in [2.24, 2.45) is 0 Å². The molecule has 0 saturated carbocycles. The number of nitrogen functional groups attached to an aromatic ring is 1. The molecule has 0 spiro atoms. The van der Waals surface area contributed by atoms with Gasteiger partial charge in [0, 0.05) is 28.2 Å². The number of nitrogens with zero attached hydrogens (tertiary/aromatic N) is 1. The Morgan fingerprint density at radius 3 is 2.93 bits per heavy atom. The monoisotopic (exact) mass is 183 g/mol. The van der Waals surface area contributed by atoms with Gasteiger partial charge < -0.3 is 10.7 Å². The Morgan fingerprint density at radius 1 is 1.14 bits per heavy atom. The number of nitrogens with one attached hydrogen (secondary N) is 1. The van der Waals surface area contributed by atoms with E-state index in [9.17, 15) is 0 Å². The Kier molecular flexibility index (Phi) is 1.31. The topological polar surface area (TPSA) is 54.7 Å². The van der Waals surface area contributed by atoms with Crippen molar-refractivity contribution < 1.29 is 0 Å². The average Bonchev–Trinajstić information content (AvgIpc) is 2.57. The van der Waals surface area contributed by atoms with Gasteiger partial charge in [0.1, 0.15) is 5.65 Å². The summed E-state index contributed by atoms with van der Waals surface area (Å²) < 4.78 is 0. The van der Waals surface area contributed by atoms with Crippen molar-refractivity contribution in [3.63, 3.8) is 0 Å². The van der Waals surface area contributed by atoms with Crippen LogP contribution in [-0.2, 0) is 0 Å². The van der Waals surface area contributed by atoms with Crippen molar-refractivity contribution in [2.75, 3.05) is 5.73 Å². The number of hydrogen-bond acceptors (Lipinski definition) is 2. The van der Waals surface area contributed by atoms with E-state index >= 15 is 0 Å². The molecule has 2 heterocycles. The minimum Gasteiger partial charge on any atom is -0.398 e. The van der Waals surface area contributed by atoms with Crippen molar-refractivity contribution in [2.45, 2.75) is 0 Å². The molecular weight excluding hydrogens is 174 g/mol. The molecule has 0 aliphatic carbocycles.